The molecule has 1 rings (SSSR count). The zero-order valence-electron chi connectivity index (χ0n) is 11.0. The molecule has 0 atom stereocenters. The minimum atomic E-state index is 0.511. The Balaban J connectivity index is 2.59. The second kappa shape index (κ2) is 7.05. The molecule has 17 heavy (non-hydrogen) atoms. The van der Waals surface area contributed by atoms with Gasteiger partial charge in [-0.05, 0) is 24.5 Å². The number of ether oxygens (including phenoxy) is 2. The van der Waals surface area contributed by atoms with Gasteiger partial charge < -0.3 is 15.2 Å². The summed E-state index contributed by atoms with van der Waals surface area (Å²) in [6.07, 6.45) is 2.15. The molecule has 0 bridgehead atoms. The van der Waals surface area contributed by atoms with Crippen molar-refractivity contribution in [1.82, 2.24) is 0 Å². The van der Waals surface area contributed by atoms with E-state index in [0.717, 1.165) is 24.3 Å². The molecule has 0 amide bonds. The average molecular weight is 237 g/mol. The summed E-state index contributed by atoms with van der Waals surface area (Å²) >= 11 is 0. The molecule has 0 radical (unpaired) electrons. The Kier molecular flexibility index (Phi) is 5.67. The van der Waals surface area contributed by atoms with E-state index in [0.29, 0.717) is 24.8 Å². The van der Waals surface area contributed by atoms with Crippen LogP contribution in [0.5, 0.6) is 11.5 Å². The number of nitrogen functional groups attached to an aromatic ring is 1. The molecule has 0 heterocycles. The van der Waals surface area contributed by atoms with Gasteiger partial charge in [-0.2, -0.15) is 0 Å². The Labute approximate surface area is 104 Å². The molecule has 0 aliphatic rings. The van der Waals surface area contributed by atoms with Crippen LogP contribution in [-0.4, -0.2) is 13.2 Å². The summed E-state index contributed by atoms with van der Waals surface area (Å²) in [7, 11) is 0. The predicted octanol–water partition coefficient (Wildman–Crippen LogP) is 3.48. The number of hydrogen-bond donors (Lipinski definition) is 1. The first-order valence-electron chi connectivity index (χ1n) is 6.28. The highest BCUT2D eigenvalue weighted by atomic mass is 16.5. The van der Waals surface area contributed by atoms with Crippen molar-refractivity contribution in [2.24, 2.45) is 5.92 Å². The zero-order chi connectivity index (χ0) is 12.7. The summed E-state index contributed by atoms with van der Waals surface area (Å²) in [5.41, 5.74) is 6.51. The van der Waals surface area contributed by atoms with E-state index in [1.165, 1.54) is 0 Å². The van der Waals surface area contributed by atoms with Crippen LogP contribution in [0, 0.1) is 5.92 Å². The van der Waals surface area contributed by atoms with E-state index in [9.17, 15) is 0 Å². The first-order valence-corrected chi connectivity index (χ1v) is 6.28. The van der Waals surface area contributed by atoms with Gasteiger partial charge in [0.2, 0.25) is 0 Å². The smallest absolute Gasteiger partial charge is 0.145 e. The van der Waals surface area contributed by atoms with Gasteiger partial charge in [0.05, 0.1) is 18.9 Å². The summed E-state index contributed by atoms with van der Waals surface area (Å²) in [4.78, 5) is 0. The maximum absolute atomic E-state index is 5.85. The van der Waals surface area contributed by atoms with Gasteiger partial charge >= 0.3 is 0 Å². The monoisotopic (exact) mass is 237 g/mol. The molecule has 2 N–H and O–H groups in total. The fourth-order valence-corrected chi connectivity index (χ4v) is 1.32. The molecule has 3 heteroatoms. The van der Waals surface area contributed by atoms with Gasteiger partial charge in [-0.1, -0.05) is 27.2 Å². The van der Waals surface area contributed by atoms with Crippen molar-refractivity contribution in [2.75, 3.05) is 18.9 Å². The van der Waals surface area contributed by atoms with Crippen LogP contribution >= 0.6 is 0 Å². The lowest BCUT2D eigenvalue weighted by molar-refractivity contribution is 0.267. The first kappa shape index (κ1) is 13.7. The highest BCUT2D eigenvalue weighted by Crippen LogP contribution is 2.27. The molecule has 0 aromatic heterocycles. The van der Waals surface area contributed by atoms with Crippen molar-refractivity contribution >= 4 is 5.69 Å². The number of unbranched alkanes of at least 4 members (excludes halogenated alkanes) is 1. The Hall–Kier alpha value is -1.38. The fraction of sp³-hybridized carbons (Fsp3) is 0.571. The third-order valence-corrected chi connectivity index (χ3v) is 2.32. The van der Waals surface area contributed by atoms with E-state index in [4.69, 9.17) is 15.2 Å². The van der Waals surface area contributed by atoms with Gasteiger partial charge in [-0.3, -0.25) is 0 Å². The van der Waals surface area contributed by atoms with Crippen molar-refractivity contribution in [1.29, 1.82) is 0 Å². The Morgan fingerprint density at radius 1 is 1.24 bits per heavy atom. The molecule has 0 aliphatic carbocycles. The highest BCUT2D eigenvalue weighted by Gasteiger charge is 2.04. The van der Waals surface area contributed by atoms with Gasteiger partial charge in [0.15, 0.2) is 0 Å². The van der Waals surface area contributed by atoms with Gasteiger partial charge in [0.1, 0.15) is 11.5 Å². The number of benzene rings is 1. The SMILES string of the molecule is CCCCOc1cc(OCC(C)C)ccc1N. The Morgan fingerprint density at radius 2 is 2.00 bits per heavy atom. The minimum Gasteiger partial charge on any atom is -0.493 e. The molecule has 0 saturated carbocycles. The quantitative estimate of drug-likeness (QED) is 0.583. The first-order chi connectivity index (χ1) is 8.13. The topological polar surface area (TPSA) is 44.5 Å². The van der Waals surface area contributed by atoms with Crippen LogP contribution in [0.25, 0.3) is 0 Å². The molecular formula is C14H23NO2. The number of anilines is 1. The van der Waals surface area contributed by atoms with Gasteiger partial charge in [0.25, 0.3) is 0 Å². The second-order valence-electron chi connectivity index (χ2n) is 4.61. The molecular weight excluding hydrogens is 214 g/mol. The lowest BCUT2D eigenvalue weighted by Crippen LogP contribution is -2.05. The van der Waals surface area contributed by atoms with Crippen LogP contribution in [0.4, 0.5) is 5.69 Å². The van der Waals surface area contributed by atoms with Crippen LogP contribution in [0.1, 0.15) is 33.6 Å². The highest BCUT2D eigenvalue weighted by molar-refractivity contribution is 5.55. The van der Waals surface area contributed by atoms with Crippen molar-refractivity contribution in [3.05, 3.63) is 18.2 Å². The predicted molar refractivity (Wildman–Crippen MR) is 71.6 cm³/mol. The summed E-state index contributed by atoms with van der Waals surface area (Å²) in [6.45, 7) is 7.79. The maximum atomic E-state index is 5.85. The number of hydrogen-bond acceptors (Lipinski definition) is 3. The van der Waals surface area contributed by atoms with E-state index < -0.39 is 0 Å². The number of nitrogens with two attached hydrogens (primary N) is 1. The second-order valence-corrected chi connectivity index (χ2v) is 4.61. The molecule has 1 aromatic carbocycles. The molecule has 0 saturated heterocycles. The van der Waals surface area contributed by atoms with Crippen molar-refractivity contribution in [3.8, 4) is 11.5 Å². The van der Waals surface area contributed by atoms with Crippen LogP contribution in [-0.2, 0) is 0 Å². The lowest BCUT2D eigenvalue weighted by Gasteiger charge is -2.12. The lowest BCUT2D eigenvalue weighted by atomic mass is 10.2. The molecule has 1 aromatic rings. The van der Waals surface area contributed by atoms with E-state index in [-0.39, 0.29) is 0 Å². The van der Waals surface area contributed by atoms with Gasteiger partial charge in [-0.15, -0.1) is 0 Å². The van der Waals surface area contributed by atoms with E-state index >= 15 is 0 Å². The molecule has 0 fully saturated rings. The van der Waals surface area contributed by atoms with Gasteiger partial charge in [-0.25, -0.2) is 0 Å². The molecule has 0 aliphatic heterocycles. The van der Waals surface area contributed by atoms with Crippen molar-refractivity contribution in [3.63, 3.8) is 0 Å². The van der Waals surface area contributed by atoms with E-state index in [2.05, 4.69) is 20.8 Å². The van der Waals surface area contributed by atoms with Crippen molar-refractivity contribution < 1.29 is 9.47 Å². The normalized spacial score (nSPS) is 10.6. The third kappa shape index (κ3) is 4.98. The Morgan fingerprint density at radius 3 is 2.65 bits per heavy atom. The standard InChI is InChI=1S/C14H23NO2/c1-4-5-8-16-14-9-12(6-7-13(14)15)17-10-11(2)3/h6-7,9,11H,4-5,8,10,15H2,1-3H3. The van der Waals surface area contributed by atoms with E-state index in [1.807, 2.05) is 18.2 Å². The number of rotatable bonds is 7. The summed E-state index contributed by atoms with van der Waals surface area (Å²) in [5.74, 6) is 2.05. The third-order valence-electron chi connectivity index (χ3n) is 2.32. The maximum Gasteiger partial charge on any atom is 0.145 e. The molecule has 96 valence electrons. The summed E-state index contributed by atoms with van der Waals surface area (Å²) < 4.78 is 11.3. The molecule has 3 nitrogen and oxygen atoms in total. The zero-order valence-corrected chi connectivity index (χ0v) is 11.0. The van der Waals surface area contributed by atoms with Gasteiger partial charge in [0, 0.05) is 6.07 Å². The molecule has 0 spiro atoms. The van der Waals surface area contributed by atoms with Crippen LogP contribution < -0.4 is 15.2 Å². The summed E-state index contributed by atoms with van der Waals surface area (Å²) in [6, 6.07) is 5.58. The largest absolute Gasteiger partial charge is 0.493 e. The van der Waals surface area contributed by atoms with Crippen LogP contribution in [0.15, 0.2) is 18.2 Å². The van der Waals surface area contributed by atoms with E-state index in [1.54, 1.807) is 0 Å². The Bertz CT molecular complexity index is 337. The average Bonchev–Trinajstić information content (AvgIpc) is 2.30. The van der Waals surface area contributed by atoms with Crippen LogP contribution in [0.2, 0.25) is 0 Å². The van der Waals surface area contributed by atoms with Crippen molar-refractivity contribution in [2.45, 2.75) is 33.6 Å². The van der Waals surface area contributed by atoms with Crippen LogP contribution in [0.3, 0.4) is 0 Å². The minimum absolute atomic E-state index is 0.511. The summed E-state index contributed by atoms with van der Waals surface area (Å²) in [5, 5.41) is 0. The molecule has 0 unspecified atom stereocenters. The fourth-order valence-electron chi connectivity index (χ4n) is 1.32.